The first-order valence-electron chi connectivity index (χ1n) is 8.42. The van der Waals surface area contributed by atoms with Gasteiger partial charge in [-0.05, 0) is 36.2 Å². The molecule has 0 aliphatic heterocycles. The molecule has 1 aromatic heterocycles. The van der Waals surface area contributed by atoms with Crippen molar-refractivity contribution in [3.05, 3.63) is 78.5 Å². The number of nitrogens with one attached hydrogen (secondary N) is 2. The van der Waals surface area contributed by atoms with Gasteiger partial charge in [0.2, 0.25) is 0 Å². The Kier molecular flexibility index (Phi) is 5.19. The Labute approximate surface area is 147 Å². The van der Waals surface area contributed by atoms with Crippen LogP contribution >= 0.6 is 0 Å². The van der Waals surface area contributed by atoms with Crippen molar-refractivity contribution in [1.29, 1.82) is 0 Å². The molecule has 0 aliphatic carbocycles. The smallest absolute Gasteiger partial charge is 0.317 e. The molecule has 0 amide bonds. The zero-order chi connectivity index (χ0) is 17.6. The van der Waals surface area contributed by atoms with E-state index in [1.54, 1.807) is 6.08 Å². The quantitative estimate of drug-likeness (QED) is 0.495. The van der Waals surface area contributed by atoms with Crippen molar-refractivity contribution in [2.45, 2.75) is 12.8 Å². The highest BCUT2D eigenvalue weighted by Crippen LogP contribution is 2.32. The molecule has 0 aliphatic rings. The van der Waals surface area contributed by atoms with Gasteiger partial charge < -0.3 is 15.0 Å². The van der Waals surface area contributed by atoms with Gasteiger partial charge in [0.15, 0.2) is 0 Å². The van der Waals surface area contributed by atoms with Crippen LogP contribution in [-0.2, 0) is 9.53 Å². The lowest BCUT2D eigenvalue weighted by Gasteiger charge is -2.16. The molecule has 2 N–H and O–H groups in total. The van der Waals surface area contributed by atoms with E-state index in [4.69, 9.17) is 4.74 Å². The molecule has 0 spiro atoms. The zero-order valence-corrected chi connectivity index (χ0v) is 14.3. The molecule has 0 saturated carbocycles. The van der Waals surface area contributed by atoms with Crippen LogP contribution in [0.5, 0.6) is 0 Å². The second-order valence-corrected chi connectivity index (χ2v) is 5.77. The Morgan fingerprint density at radius 3 is 2.72 bits per heavy atom. The number of esters is 1. The van der Waals surface area contributed by atoms with Crippen LogP contribution in [0.4, 0.5) is 5.69 Å². The molecule has 3 rings (SSSR count). The van der Waals surface area contributed by atoms with Gasteiger partial charge in [0.1, 0.15) is 5.92 Å². The van der Waals surface area contributed by atoms with Crippen molar-refractivity contribution >= 4 is 22.6 Å². The largest absolute Gasteiger partial charge is 0.465 e. The first-order valence-corrected chi connectivity index (χ1v) is 8.42. The highest BCUT2D eigenvalue weighted by atomic mass is 16.5. The summed E-state index contributed by atoms with van der Waals surface area (Å²) in [6.07, 6.45) is 3.71. The van der Waals surface area contributed by atoms with Gasteiger partial charge in [0.05, 0.1) is 6.61 Å². The monoisotopic (exact) mass is 334 g/mol. The van der Waals surface area contributed by atoms with E-state index in [2.05, 4.69) is 16.9 Å². The van der Waals surface area contributed by atoms with E-state index in [0.717, 1.165) is 27.7 Å². The van der Waals surface area contributed by atoms with Gasteiger partial charge in [0, 0.05) is 29.3 Å². The average molecular weight is 334 g/mol. The molecular weight excluding hydrogens is 312 g/mol. The fraction of sp³-hybridized carbons (Fsp3) is 0.190. The Balaban J connectivity index is 2.00. The lowest BCUT2D eigenvalue weighted by Crippen LogP contribution is -2.17. The molecule has 4 nitrogen and oxygen atoms in total. The van der Waals surface area contributed by atoms with Gasteiger partial charge in [0.25, 0.3) is 0 Å². The maximum absolute atomic E-state index is 12.7. The predicted octanol–water partition coefficient (Wildman–Crippen LogP) is 4.46. The molecule has 2 aromatic carbocycles. The van der Waals surface area contributed by atoms with Gasteiger partial charge in [-0.25, -0.2) is 0 Å². The topological polar surface area (TPSA) is 54.1 Å². The molecule has 25 heavy (non-hydrogen) atoms. The van der Waals surface area contributed by atoms with Crippen LogP contribution in [-0.4, -0.2) is 24.1 Å². The number of benzene rings is 2. The summed E-state index contributed by atoms with van der Waals surface area (Å²) >= 11 is 0. The lowest BCUT2D eigenvalue weighted by atomic mass is 9.91. The van der Waals surface area contributed by atoms with Crippen molar-refractivity contribution in [2.24, 2.45) is 0 Å². The molecule has 1 heterocycles. The van der Waals surface area contributed by atoms with Crippen LogP contribution in [0.1, 0.15) is 24.0 Å². The number of carbonyl (C=O) groups is 1. The Bertz CT molecular complexity index is 865. The number of aromatic nitrogens is 1. The Hall–Kier alpha value is -3.01. The van der Waals surface area contributed by atoms with Crippen LogP contribution in [0, 0.1) is 0 Å². The summed E-state index contributed by atoms with van der Waals surface area (Å²) in [5.74, 6) is -0.691. The van der Waals surface area contributed by atoms with Crippen molar-refractivity contribution in [3.63, 3.8) is 0 Å². The number of fused-ring (bicyclic) bond motifs is 1. The minimum atomic E-state index is -0.454. The highest BCUT2D eigenvalue weighted by molar-refractivity contribution is 5.92. The van der Waals surface area contributed by atoms with E-state index >= 15 is 0 Å². The van der Waals surface area contributed by atoms with Gasteiger partial charge in [-0.1, -0.05) is 36.4 Å². The number of anilines is 1. The Morgan fingerprint density at radius 2 is 2.00 bits per heavy atom. The number of rotatable bonds is 7. The number of para-hydroxylation sites is 1. The number of hydrogen-bond acceptors (Lipinski definition) is 3. The Morgan fingerprint density at radius 1 is 1.24 bits per heavy atom. The summed E-state index contributed by atoms with van der Waals surface area (Å²) in [7, 11) is 0. The van der Waals surface area contributed by atoms with Crippen molar-refractivity contribution in [1.82, 2.24) is 4.98 Å². The minimum Gasteiger partial charge on any atom is -0.465 e. The maximum Gasteiger partial charge on any atom is 0.317 e. The average Bonchev–Trinajstić information content (AvgIpc) is 3.05. The van der Waals surface area contributed by atoms with Gasteiger partial charge in [-0.15, -0.1) is 6.58 Å². The number of hydrogen-bond donors (Lipinski definition) is 2. The molecule has 3 aromatic rings. The summed E-state index contributed by atoms with van der Waals surface area (Å²) in [5, 5.41) is 4.28. The van der Waals surface area contributed by atoms with Crippen LogP contribution in [0.3, 0.4) is 0 Å². The van der Waals surface area contributed by atoms with E-state index in [1.807, 2.05) is 61.7 Å². The predicted molar refractivity (Wildman–Crippen MR) is 102 cm³/mol. The van der Waals surface area contributed by atoms with Crippen LogP contribution in [0.2, 0.25) is 0 Å². The summed E-state index contributed by atoms with van der Waals surface area (Å²) in [5.41, 5.74) is 3.84. The third kappa shape index (κ3) is 3.58. The fourth-order valence-electron chi connectivity index (χ4n) is 2.98. The lowest BCUT2D eigenvalue weighted by molar-refractivity contribution is -0.143. The van der Waals surface area contributed by atoms with Crippen molar-refractivity contribution in [3.8, 4) is 0 Å². The van der Waals surface area contributed by atoms with E-state index in [9.17, 15) is 4.79 Å². The molecule has 0 radical (unpaired) electrons. The van der Waals surface area contributed by atoms with E-state index in [0.29, 0.717) is 13.2 Å². The molecule has 0 bridgehead atoms. The summed E-state index contributed by atoms with van der Waals surface area (Å²) in [6, 6.07) is 15.9. The third-order valence-electron chi connectivity index (χ3n) is 4.15. The first-order chi connectivity index (χ1) is 12.2. The molecule has 128 valence electrons. The standard InChI is InChI=1S/C21H22N2O2/c1-3-13-22-16-11-9-15(10-12-16)20(21(24)25-4-2)18-14-23-19-8-6-5-7-17(18)19/h3,5-12,14,20,22-23H,1,4,13H2,2H3. The maximum atomic E-state index is 12.7. The number of H-pyrrole nitrogens is 1. The number of aromatic amines is 1. The SMILES string of the molecule is C=CCNc1ccc(C(C(=O)OCC)c2c[nH]c3ccccc23)cc1. The summed E-state index contributed by atoms with van der Waals surface area (Å²) in [4.78, 5) is 15.9. The third-order valence-corrected chi connectivity index (χ3v) is 4.15. The summed E-state index contributed by atoms with van der Waals surface area (Å²) in [6.45, 7) is 6.58. The number of carbonyl (C=O) groups excluding carboxylic acids is 1. The number of ether oxygens (including phenoxy) is 1. The second-order valence-electron chi connectivity index (χ2n) is 5.77. The molecule has 0 saturated heterocycles. The second kappa shape index (κ2) is 7.71. The highest BCUT2D eigenvalue weighted by Gasteiger charge is 2.26. The van der Waals surface area contributed by atoms with Crippen molar-refractivity contribution < 1.29 is 9.53 Å². The van der Waals surface area contributed by atoms with E-state index < -0.39 is 5.92 Å². The van der Waals surface area contributed by atoms with E-state index in [-0.39, 0.29) is 5.97 Å². The first kappa shape index (κ1) is 16.8. The van der Waals surface area contributed by atoms with E-state index in [1.165, 1.54) is 0 Å². The molecule has 1 unspecified atom stereocenters. The molecular formula is C21H22N2O2. The molecule has 4 heteroatoms. The van der Waals surface area contributed by atoms with Crippen molar-refractivity contribution in [2.75, 3.05) is 18.5 Å². The van der Waals surface area contributed by atoms with Gasteiger partial charge in [-0.3, -0.25) is 4.79 Å². The minimum absolute atomic E-state index is 0.237. The van der Waals surface area contributed by atoms with Crippen LogP contribution in [0.15, 0.2) is 67.4 Å². The van der Waals surface area contributed by atoms with Gasteiger partial charge in [-0.2, -0.15) is 0 Å². The van der Waals surface area contributed by atoms with Gasteiger partial charge >= 0.3 is 5.97 Å². The normalized spacial score (nSPS) is 11.9. The van der Waals surface area contributed by atoms with Crippen LogP contribution < -0.4 is 5.32 Å². The fourth-order valence-corrected chi connectivity index (χ4v) is 2.98. The molecule has 0 fully saturated rings. The zero-order valence-electron chi connectivity index (χ0n) is 14.3. The molecule has 1 atom stereocenters. The van der Waals surface area contributed by atoms with Crippen LogP contribution in [0.25, 0.3) is 10.9 Å². The summed E-state index contributed by atoms with van der Waals surface area (Å²) < 4.78 is 5.34.